The van der Waals surface area contributed by atoms with E-state index < -0.39 is 0 Å². The third-order valence-corrected chi connectivity index (χ3v) is 3.10. The molecule has 0 saturated heterocycles. The van der Waals surface area contributed by atoms with Crippen LogP contribution in [0.25, 0.3) is 0 Å². The van der Waals surface area contributed by atoms with Crippen molar-refractivity contribution in [1.29, 1.82) is 0 Å². The first-order chi connectivity index (χ1) is 7.11. The van der Waals surface area contributed by atoms with Crippen molar-refractivity contribution in [2.45, 2.75) is 0 Å². The number of hydrogen-bond acceptors (Lipinski definition) is 3. The first-order valence-electron chi connectivity index (χ1n) is 4.32. The van der Waals surface area contributed by atoms with E-state index in [1.807, 2.05) is 24.3 Å². The van der Waals surface area contributed by atoms with Gasteiger partial charge in [0, 0.05) is 14.1 Å². The second-order valence-electron chi connectivity index (χ2n) is 3.00. The average Bonchev–Trinajstić information content (AvgIpc) is 2.20. The molecular formula is C10H12BrNO2S. The van der Waals surface area contributed by atoms with Crippen LogP contribution in [-0.2, 0) is 0 Å². The summed E-state index contributed by atoms with van der Waals surface area (Å²) in [6.07, 6.45) is 0. The van der Waals surface area contributed by atoms with Gasteiger partial charge >= 0.3 is 0 Å². The Morgan fingerprint density at radius 3 is 2.73 bits per heavy atom. The van der Waals surface area contributed by atoms with E-state index in [2.05, 4.69) is 15.9 Å². The standard InChI is InChI=1S/C10H12BrNO2S/c1-12(2)10(13)15-7-14-9-6-4-3-5-8(9)11/h3-6H,7H2,1-2H3. The molecule has 0 spiro atoms. The minimum absolute atomic E-state index is 0.0120. The van der Waals surface area contributed by atoms with E-state index in [0.717, 1.165) is 22.0 Å². The van der Waals surface area contributed by atoms with Crippen LogP contribution in [0.15, 0.2) is 28.7 Å². The molecule has 0 N–H and O–H groups in total. The molecule has 0 fully saturated rings. The average molecular weight is 290 g/mol. The highest BCUT2D eigenvalue weighted by Gasteiger charge is 2.05. The second kappa shape index (κ2) is 6.02. The lowest BCUT2D eigenvalue weighted by Crippen LogP contribution is -2.17. The monoisotopic (exact) mass is 289 g/mol. The van der Waals surface area contributed by atoms with E-state index in [4.69, 9.17) is 4.74 Å². The highest BCUT2D eigenvalue weighted by Crippen LogP contribution is 2.24. The largest absolute Gasteiger partial charge is 0.481 e. The summed E-state index contributed by atoms with van der Waals surface area (Å²) < 4.78 is 6.32. The van der Waals surface area contributed by atoms with Crippen molar-refractivity contribution in [3.8, 4) is 5.75 Å². The maximum atomic E-state index is 11.2. The van der Waals surface area contributed by atoms with Gasteiger partial charge in [0.1, 0.15) is 11.7 Å². The minimum Gasteiger partial charge on any atom is -0.481 e. The number of carbonyl (C=O) groups excluding carboxylic acids is 1. The molecule has 0 saturated carbocycles. The summed E-state index contributed by atoms with van der Waals surface area (Å²) in [4.78, 5) is 12.7. The minimum atomic E-state index is -0.0120. The van der Waals surface area contributed by atoms with Gasteiger partial charge in [-0.25, -0.2) is 0 Å². The molecule has 0 aliphatic rings. The van der Waals surface area contributed by atoms with Crippen LogP contribution in [0.1, 0.15) is 0 Å². The predicted molar refractivity (Wildman–Crippen MR) is 66.3 cm³/mol. The number of para-hydroxylation sites is 1. The summed E-state index contributed by atoms with van der Waals surface area (Å²) >= 11 is 4.49. The van der Waals surface area contributed by atoms with E-state index in [1.54, 1.807) is 14.1 Å². The molecule has 82 valence electrons. The highest BCUT2D eigenvalue weighted by molar-refractivity contribution is 9.10. The van der Waals surface area contributed by atoms with E-state index in [1.165, 1.54) is 4.90 Å². The Kier molecular flexibility index (Phi) is 4.98. The SMILES string of the molecule is CN(C)C(=O)SCOc1ccccc1Br. The lowest BCUT2D eigenvalue weighted by Gasteiger charge is -2.10. The Balaban J connectivity index is 2.38. The summed E-state index contributed by atoms with van der Waals surface area (Å²) in [6.45, 7) is 0. The molecule has 0 aromatic heterocycles. The van der Waals surface area contributed by atoms with Crippen LogP contribution in [0.5, 0.6) is 5.75 Å². The maximum Gasteiger partial charge on any atom is 0.284 e. The van der Waals surface area contributed by atoms with Gasteiger partial charge in [0.15, 0.2) is 0 Å². The Hall–Kier alpha value is -0.680. The van der Waals surface area contributed by atoms with Gasteiger partial charge in [0.05, 0.1) is 4.47 Å². The number of rotatable bonds is 3. The van der Waals surface area contributed by atoms with Crippen LogP contribution in [0.4, 0.5) is 4.79 Å². The third-order valence-electron chi connectivity index (χ3n) is 1.60. The fourth-order valence-corrected chi connectivity index (χ4v) is 1.78. The zero-order valence-electron chi connectivity index (χ0n) is 8.57. The Morgan fingerprint density at radius 2 is 2.13 bits per heavy atom. The fourth-order valence-electron chi connectivity index (χ4n) is 0.834. The zero-order chi connectivity index (χ0) is 11.3. The normalized spacial score (nSPS) is 9.80. The molecule has 0 bridgehead atoms. The predicted octanol–water partition coefficient (Wildman–Crippen LogP) is 3.20. The van der Waals surface area contributed by atoms with Crippen molar-refractivity contribution in [2.75, 3.05) is 20.0 Å². The number of ether oxygens (including phenoxy) is 1. The molecule has 0 unspecified atom stereocenters. The first kappa shape index (κ1) is 12.4. The number of thioether (sulfide) groups is 1. The van der Waals surface area contributed by atoms with Crippen molar-refractivity contribution in [1.82, 2.24) is 4.90 Å². The summed E-state index contributed by atoms with van der Waals surface area (Å²) in [5.74, 6) is 1.07. The van der Waals surface area contributed by atoms with Crippen LogP contribution in [0.2, 0.25) is 0 Å². The number of amides is 1. The number of benzene rings is 1. The summed E-state index contributed by atoms with van der Waals surface area (Å²) in [7, 11) is 3.43. The van der Waals surface area contributed by atoms with Gasteiger partial charge in [-0.15, -0.1) is 0 Å². The van der Waals surface area contributed by atoms with Crippen molar-refractivity contribution in [2.24, 2.45) is 0 Å². The molecule has 1 amide bonds. The molecule has 5 heteroatoms. The molecule has 0 aliphatic heterocycles. The van der Waals surface area contributed by atoms with E-state index in [-0.39, 0.29) is 5.24 Å². The molecule has 1 aromatic carbocycles. The third kappa shape index (κ3) is 4.13. The highest BCUT2D eigenvalue weighted by atomic mass is 79.9. The molecular weight excluding hydrogens is 278 g/mol. The van der Waals surface area contributed by atoms with Crippen LogP contribution in [-0.4, -0.2) is 30.2 Å². The molecule has 0 radical (unpaired) electrons. The Bertz CT molecular complexity index is 344. The van der Waals surface area contributed by atoms with E-state index in [0.29, 0.717) is 5.94 Å². The lowest BCUT2D eigenvalue weighted by atomic mass is 10.3. The summed E-state index contributed by atoms with van der Waals surface area (Å²) in [5, 5.41) is -0.0120. The summed E-state index contributed by atoms with van der Waals surface area (Å²) in [6, 6.07) is 7.55. The number of halogens is 1. The topological polar surface area (TPSA) is 29.5 Å². The zero-order valence-corrected chi connectivity index (χ0v) is 11.0. The molecule has 0 heterocycles. The molecule has 1 rings (SSSR count). The van der Waals surface area contributed by atoms with Gasteiger partial charge < -0.3 is 9.64 Å². The van der Waals surface area contributed by atoms with Crippen molar-refractivity contribution >= 4 is 32.9 Å². The molecule has 0 atom stereocenters. The van der Waals surface area contributed by atoms with Crippen LogP contribution < -0.4 is 4.74 Å². The van der Waals surface area contributed by atoms with Gasteiger partial charge in [-0.3, -0.25) is 4.79 Å². The van der Waals surface area contributed by atoms with Crippen LogP contribution in [0.3, 0.4) is 0 Å². The Morgan fingerprint density at radius 1 is 1.47 bits per heavy atom. The van der Waals surface area contributed by atoms with Gasteiger partial charge in [-0.1, -0.05) is 12.1 Å². The van der Waals surface area contributed by atoms with Crippen molar-refractivity contribution in [3.63, 3.8) is 0 Å². The first-order valence-corrected chi connectivity index (χ1v) is 6.10. The molecule has 3 nitrogen and oxygen atoms in total. The quantitative estimate of drug-likeness (QED) is 0.801. The summed E-state index contributed by atoms with van der Waals surface area (Å²) in [5.41, 5.74) is 0. The smallest absolute Gasteiger partial charge is 0.284 e. The number of nitrogens with zero attached hydrogens (tertiary/aromatic N) is 1. The van der Waals surface area contributed by atoms with Gasteiger partial charge in [0.25, 0.3) is 5.24 Å². The fraction of sp³-hybridized carbons (Fsp3) is 0.300. The molecule has 15 heavy (non-hydrogen) atoms. The molecule has 1 aromatic rings. The molecule has 0 aliphatic carbocycles. The van der Waals surface area contributed by atoms with Crippen molar-refractivity contribution < 1.29 is 9.53 Å². The van der Waals surface area contributed by atoms with Gasteiger partial charge in [-0.05, 0) is 39.8 Å². The van der Waals surface area contributed by atoms with E-state index in [9.17, 15) is 4.79 Å². The maximum absolute atomic E-state index is 11.2. The van der Waals surface area contributed by atoms with E-state index >= 15 is 0 Å². The van der Waals surface area contributed by atoms with Crippen molar-refractivity contribution in [3.05, 3.63) is 28.7 Å². The van der Waals surface area contributed by atoms with Crippen LogP contribution in [0, 0.1) is 0 Å². The number of carbonyl (C=O) groups is 1. The second-order valence-corrected chi connectivity index (χ2v) is 4.73. The lowest BCUT2D eigenvalue weighted by molar-refractivity contribution is 0.241. The van der Waals surface area contributed by atoms with Gasteiger partial charge in [0.2, 0.25) is 0 Å². The number of hydrogen-bond donors (Lipinski definition) is 0. The Labute approximate surface area is 102 Å². The van der Waals surface area contributed by atoms with Gasteiger partial charge in [-0.2, -0.15) is 0 Å². The van der Waals surface area contributed by atoms with Crippen LogP contribution >= 0.6 is 27.7 Å².